The van der Waals surface area contributed by atoms with Crippen molar-refractivity contribution in [3.05, 3.63) is 41.5 Å². The average molecular weight is 246 g/mol. The zero-order chi connectivity index (χ0) is 13.5. The van der Waals surface area contributed by atoms with E-state index < -0.39 is 0 Å². The molecule has 0 atom stereocenters. The Kier molecular flexibility index (Phi) is 5.63. The molecule has 0 amide bonds. The Morgan fingerprint density at radius 1 is 1.39 bits per heavy atom. The van der Waals surface area contributed by atoms with Gasteiger partial charge in [0.1, 0.15) is 5.75 Å². The van der Waals surface area contributed by atoms with Crippen molar-refractivity contribution in [2.45, 2.75) is 33.6 Å². The molecule has 18 heavy (non-hydrogen) atoms. The topological polar surface area (TPSA) is 26.3 Å². The van der Waals surface area contributed by atoms with Crippen molar-refractivity contribution in [3.8, 4) is 5.75 Å². The molecule has 2 nitrogen and oxygen atoms in total. The van der Waals surface area contributed by atoms with Crippen LogP contribution < -0.4 is 4.74 Å². The highest BCUT2D eigenvalue weighted by atomic mass is 16.5. The van der Waals surface area contributed by atoms with Crippen LogP contribution in [0.5, 0.6) is 5.75 Å². The molecular weight excluding hydrogens is 224 g/mol. The summed E-state index contributed by atoms with van der Waals surface area (Å²) in [7, 11) is 0. The summed E-state index contributed by atoms with van der Waals surface area (Å²) in [6, 6.07) is 3.92. The van der Waals surface area contributed by atoms with Gasteiger partial charge in [0.25, 0.3) is 0 Å². The summed E-state index contributed by atoms with van der Waals surface area (Å²) in [5.74, 6) is 1.31. The van der Waals surface area contributed by atoms with Gasteiger partial charge in [-0.1, -0.05) is 26.0 Å². The smallest absolute Gasteiger partial charge is 0.153 e. The SMILES string of the molecule is C=CCc1cc(C)cc(C=O)c1OCCC(C)C. The minimum atomic E-state index is 0.595. The minimum absolute atomic E-state index is 0.595. The van der Waals surface area contributed by atoms with Crippen molar-refractivity contribution >= 4 is 6.29 Å². The minimum Gasteiger partial charge on any atom is -0.493 e. The number of carbonyl (C=O) groups is 1. The summed E-state index contributed by atoms with van der Waals surface area (Å²) < 4.78 is 5.80. The van der Waals surface area contributed by atoms with Gasteiger partial charge in [0.05, 0.1) is 12.2 Å². The van der Waals surface area contributed by atoms with E-state index in [0.717, 1.165) is 36.0 Å². The first-order valence-electron chi connectivity index (χ1n) is 6.40. The second-order valence-corrected chi connectivity index (χ2v) is 4.98. The molecule has 0 saturated carbocycles. The predicted molar refractivity (Wildman–Crippen MR) is 75.4 cm³/mol. The van der Waals surface area contributed by atoms with Gasteiger partial charge in [0.15, 0.2) is 6.29 Å². The Bertz CT molecular complexity index is 419. The summed E-state index contributed by atoms with van der Waals surface area (Å²) in [4.78, 5) is 11.1. The molecule has 0 heterocycles. The van der Waals surface area contributed by atoms with Crippen molar-refractivity contribution in [1.29, 1.82) is 0 Å². The van der Waals surface area contributed by atoms with Gasteiger partial charge in [-0.05, 0) is 42.9 Å². The van der Waals surface area contributed by atoms with Crippen LogP contribution in [0.15, 0.2) is 24.8 Å². The molecule has 1 aromatic carbocycles. The molecule has 2 heteroatoms. The third kappa shape index (κ3) is 4.02. The lowest BCUT2D eigenvalue weighted by atomic mass is 10.0. The zero-order valence-electron chi connectivity index (χ0n) is 11.5. The van der Waals surface area contributed by atoms with Crippen LogP contribution in [-0.4, -0.2) is 12.9 Å². The van der Waals surface area contributed by atoms with Crippen molar-refractivity contribution in [2.75, 3.05) is 6.61 Å². The second-order valence-electron chi connectivity index (χ2n) is 4.98. The van der Waals surface area contributed by atoms with Crippen LogP contribution in [0, 0.1) is 12.8 Å². The van der Waals surface area contributed by atoms with Crippen molar-refractivity contribution < 1.29 is 9.53 Å². The summed E-state index contributed by atoms with van der Waals surface area (Å²) in [5, 5.41) is 0. The van der Waals surface area contributed by atoms with E-state index >= 15 is 0 Å². The molecule has 98 valence electrons. The summed E-state index contributed by atoms with van der Waals surface area (Å²) in [6.07, 6.45) is 4.40. The highest BCUT2D eigenvalue weighted by Gasteiger charge is 2.10. The van der Waals surface area contributed by atoms with Crippen LogP contribution in [0.1, 0.15) is 41.8 Å². The summed E-state index contributed by atoms with van der Waals surface area (Å²) >= 11 is 0. The molecule has 0 aliphatic heterocycles. The zero-order valence-corrected chi connectivity index (χ0v) is 11.5. The molecule has 0 aliphatic rings. The number of hydrogen-bond donors (Lipinski definition) is 0. The van der Waals surface area contributed by atoms with Crippen LogP contribution in [0.25, 0.3) is 0 Å². The van der Waals surface area contributed by atoms with Crippen molar-refractivity contribution in [1.82, 2.24) is 0 Å². The maximum Gasteiger partial charge on any atom is 0.153 e. The van der Waals surface area contributed by atoms with E-state index in [9.17, 15) is 4.79 Å². The number of aldehydes is 1. The standard InChI is InChI=1S/C16H22O2/c1-5-6-14-9-13(4)10-15(11-17)16(14)18-8-7-12(2)3/h5,9-12H,1,6-8H2,2-4H3. The number of ether oxygens (including phenoxy) is 1. The molecule has 0 radical (unpaired) electrons. The van der Waals surface area contributed by atoms with E-state index in [1.54, 1.807) is 0 Å². The maximum absolute atomic E-state index is 11.1. The van der Waals surface area contributed by atoms with E-state index in [-0.39, 0.29) is 0 Å². The van der Waals surface area contributed by atoms with Crippen LogP contribution in [0.4, 0.5) is 0 Å². The first-order valence-corrected chi connectivity index (χ1v) is 6.40. The fourth-order valence-electron chi connectivity index (χ4n) is 1.85. The van der Waals surface area contributed by atoms with E-state index in [4.69, 9.17) is 4.74 Å². The van der Waals surface area contributed by atoms with Gasteiger partial charge >= 0.3 is 0 Å². The molecule has 1 aromatic rings. The third-order valence-corrected chi connectivity index (χ3v) is 2.77. The molecule has 0 N–H and O–H groups in total. The molecule has 0 spiro atoms. The van der Waals surface area contributed by atoms with Crippen molar-refractivity contribution in [3.63, 3.8) is 0 Å². The van der Waals surface area contributed by atoms with Crippen LogP contribution in [0.2, 0.25) is 0 Å². The lowest BCUT2D eigenvalue weighted by Gasteiger charge is -2.14. The lowest BCUT2D eigenvalue weighted by molar-refractivity contribution is 0.111. The number of carbonyl (C=O) groups excluding carboxylic acids is 1. The Morgan fingerprint density at radius 3 is 2.67 bits per heavy atom. The molecular formula is C16H22O2. The highest BCUT2D eigenvalue weighted by molar-refractivity contribution is 5.80. The first kappa shape index (κ1) is 14.5. The fourth-order valence-corrected chi connectivity index (χ4v) is 1.85. The highest BCUT2D eigenvalue weighted by Crippen LogP contribution is 2.26. The fraction of sp³-hybridized carbons (Fsp3) is 0.438. The molecule has 0 unspecified atom stereocenters. The van der Waals surface area contributed by atoms with Crippen LogP contribution in [-0.2, 0) is 6.42 Å². The Labute approximate surface area is 110 Å². The molecule has 0 bridgehead atoms. The number of rotatable bonds is 7. The van der Waals surface area contributed by atoms with E-state index in [0.29, 0.717) is 18.1 Å². The lowest BCUT2D eigenvalue weighted by Crippen LogP contribution is -2.06. The Morgan fingerprint density at radius 2 is 2.11 bits per heavy atom. The van der Waals surface area contributed by atoms with E-state index in [2.05, 4.69) is 26.5 Å². The van der Waals surface area contributed by atoms with Crippen molar-refractivity contribution in [2.24, 2.45) is 5.92 Å². The average Bonchev–Trinajstić information content (AvgIpc) is 2.31. The normalized spacial score (nSPS) is 10.4. The largest absolute Gasteiger partial charge is 0.493 e. The summed E-state index contributed by atoms with van der Waals surface area (Å²) in [5.41, 5.74) is 2.75. The number of hydrogen-bond acceptors (Lipinski definition) is 2. The van der Waals surface area contributed by atoms with Gasteiger partial charge in [-0.2, -0.15) is 0 Å². The molecule has 0 aliphatic carbocycles. The monoisotopic (exact) mass is 246 g/mol. The second kappa shape index (κ2) is 7.00. The molecule has 0 saturated heterocycles. The number of aryl methyl sites for hydroxylation is 1. The molecule has 0 fully saturated rings. The molecule has 0 aromatic heterocycles. The van der Waals surface area contributed by atoms with E-state index in [1.165, 1.54) is 0 Å². The summed E-state index contributed by atoms with van der Waals surface area (Å²) in [6.45, 7) is 10.7. The van der Waals surface area contributed by atoms with Gasteiger partial charge in [-0.3, -0.25) is 4.79 Å². The van der Waals surface area contributed by atoms with Crippen LogP contribution >= 0.6 is 0 Å². The predicted octanol–water partition coefficient (Wildman–Crippen LogP) is 3.96. The van der Waals surface area contributed by atoms with E-state index in [1.807, 2.05) is 19.1 Å². The number of allylic oxidation sites excluding steroid dienone is 1. The van der Waals surface area contributed by atoms with Gasteiger partial charge in [-0.15, -0.1) is 6.58 Å². The molecule has 1 rings (SSSR count). The van der Waals surface area contributed by atoms with Gasteiger partial charge in [0.2, 0.25) is 0 Å². The van der Waals surface area contributed by atoms with Gasteiger partial charge in [0, 0.05) is 0 Å². The third-order valence-electron chi connectivity index (χ3n) is 2.77. The Balaban J connectivity index is 2.97. The number of benzene rings is 1. The Hall–Kier alpha value is -1.57. The van der Waals surface area contributed by atoms with Gasteiger partial charge in [-0.25, -0.2) is 0 Å². The first-order chi connectivity index (χ1) is 8.58. The quantitative estimate of drug-likeness (QED) is 0.537. The maximum atomic E-state index is 11.1. The van der Waals surface area contributed by atoms with Crippen LogP contribution in [0.3, 0.4) is 0 Å². The van der Waals surface area contributed by atoms with Gasteiger partial charge < -0.3 is 4.74 Å².